The quantitative estimate of drug-likeness (QED) is 0.669. The number of H-pyrrole nitrogens is 1. The Morgan fingerprint density at radius 2 is 2.05 bits per heavy atom. The minimum absolute atomic E-state index is 0.00220. The second kappa shape index (κ2) is 5.35. The number of anilines is 1. The number of nitrogens with zero attached hydrogens (tertiary/aromatic N) is 2. The third-order valence-corrected chi connectivity index (χ3v) is 2.87. The second-order valence-electron chi connectivity index (χ2n) is 5.68. The predicted molar refractivity (Wildman–Crippen MR) is 78.8 cm³/mol. The van der Waals surface area contributed by atoms with Crippen molar-refractivity contribution in [1.29, 1.82) is 0 Å². The van der Waals surface area contributed by atoms with E-state index in [1.54, 1.807) is 39.0 Å². The number of amides is 1. The summed E-state index contributed by atoms with van der Waals surface area (Å²) in [7, 11) is 0. The molecule has 0 aliphatic carbocycles. The molecule has 1 aromatic heterocycles. The Balaban J connectivity index is 2.22. The van der Waals surface area contributed by atoms with E-state index >= 15 is 0 Å². The Bertz CT molecular complexity index is 686. The molecule has 0 aliphatic rings. The van der Waals surface area contributed by atoms with Crippen molar-refractivity contribution in [3.8, 4) is 11.3 Å². The molecule has 0 spiro atoms. The Labute approximate surface area is 121 Å². The molecule has 2 N–H and O–H groups in total. The maximum atomic E-state index is 11.9. The van der Waals surface area contributed by atoms with Gasteiger partial charge in [0.25, 0.3) is 5.69 Å². The Kier molecular flexibility index (Phi) is 3.75. The molecule has 0 radical (unpaired) electrons. The molecular weight excluding hydrogens is 272 g/mol. The number of aromatic nitrogens is 2. The smallest absolute Gasteiger partial charge is 0.270 e. The van der Waals surface area contributed by atoms with E-state index in [1.807, 2.05) is 0 Å². The summed E-state index contributed by atoms with van der Waals surface area (Å²) < 4.78 is 0. The van der Waals surface area contributed by atoms with Gasteiger partial charge in [0, 0.05) is 29.2 Å². The number of hydrogen-bond donors (Lipinski definition) is 2. The van der Waals surface area contributed by atoms with Crippen LogP contribution in [0.1, 0.15) is 20.8 Å². The highest BCUT2D eigenvalue weighted by atomic mass is 16.6. The number of nitro groups is 1. The van der Waals surface area contributed by atoms with Crippen molar-refractivity contribution < 1.29 is 9.72 Å². The molecule has 1 aromatic carbocycles. The number of hydrogen-bond acceptors (Lipinski definition) is 4. The van der Waals surface area contributed by atoms with Gasteiger partial charge in [0.05, 0.1) is 10.6 Å². The number of carbonyl (C=O) groups is 1. The summed E-state index contributed by atoms with van der Waals surface area (Å²) in [6.45, 7) is 5.41. The highest BCUT2D eigenvalue weighted by Crippen LogP contribution is 2.24. The molecule has 0 bridgehead atoms. The number of non-ortho nitro benzene ring substituents is 1. The van der Waals surface area contributed by atoms with Crippen molar-refractivity contribution in [2.75, 3.05) is 5.32 Å². The molecule has 0 fully saturated rings. The fourth-order valence-corrected chi connectivity index (χ4v) is 1.62. The van der Waals surface area contributed by atoms with E-state index in [4.69, 9.17) is 0 Å². The predicted octanol–water partition coefficient (Wildman–Crippen LogP) is 2.97. The van der Waals surface area contributed by atoms with Gasteiger partial charge in [-0.15, -0.1) is 0 Å². The van der Waals surface area contributed by atoms with Gasteiger partial charge in [-0.05, 0) is 0 Å². The molecule has 2 rings (SSSR count). The Morgan fingerprint density at radius 1 is 1.33 bits per heavy atom. The summed E-state index contributed by atoms with van der Waals surface area (Å²) in [5.74, 6) is 0.232. The lowest BCUT2D eigenvalue weighted by Gasteiger charge is -2.15. The van der Waals surface area contributed by atoms with Gasteiger partial charge in [0.15, 0.2) is 5.82 Å². The van der Waals surface area contributed by atoms with Crippen LogP contribution in [0, 0.1) is 15.5 Å². The zero-order valence-electron chi connectivity index (χ0n) is 12.0. The van der Waals surface area contributed by atoms with Crippen LogP contribution in [0.25, 0.3) is 11.3 Å². The van der Waals surface area contributed by atoms with Crippen molar-refractivity contribution in [3.63, 3.8) is 0 Å². The van der Waals surface area contributed by atoms with Gasteiger partial charge in [0.1, 0.15) is 0 Å². The molecule has 7 heteroatoms. The third kappa shape index (κ3) is 3.44. The largest absolute Gasteiger partial charge is 0.309 e. The summed E-state index contributed by atoms with van der Waals surface area (Å²) in [6, 6.07) is 7.84. The molecule has 7 nitrogen and oxygen atoms in total. The number of rotatable bonds is 3. The van der Waals surface area contributed by atoms with E-state index in [0.29, 0.717) is 17.1 Å². The molecule has 0 saturated carbocycles. The monoisotopic (exact) mass is 288 g/mol. The number of nitro benzene ring substituents is 1. The van der Waals surface area contributed by atoms with E-state index < -0.39 is 10.3 Å². The Morgan fingerprint density at radius 3 is 2.67 bits per heavy atom. The second-order valence-corrected chi connectivity index (χ2v) is 5.68. The van der Waals surface area contributed by atoms with E-state index in [-0.39, 0.29) is 11.6 Å². The van der Waals surface area contributed by atoms with Crippen LogP contribution in [0.5, 0.6) is 0 Å². The van der Waals surface area contributed by atoms with Gasteiger partial charge in [-0.3, -0.25) is 20.0 Å². The van der Waals surface area contributed by atoms with Crippen LogP contribution in [0.15, 0.2) is 30.3 Å². The average molecular weight is 288 g/mol. The number of benzene rings is 1. The number of nitrogens with one attached hydrogen (secondary N) is 2. The van der Waals surface area contributed by atoms with Crippen molar-refractivity contribution in [2.24, 2.45) is 5.41 Å². The van der Waals surface area contributed by atoms with Gasteiger partial charge in [-0.1, -0.05) is 32.9 Å². The highest BCUT2D eigenvalue weighted by Gasteiger charge is 2.22. The average Bonchev–Trinajstić information content (AvgIpc) is 2.86. The number of carbonyl (C=O) groups excluding carboxylic acids is 1. The first-order valence-corrected chi connectivity index (χ1v) is 6.39. The van der Waals surface area contributed by atoms with Crippen molar-refractivity contribution in [3.05, 3.63) is 40.4 Å². The molecule has 0 atom stereocenters. The van der Waals surface area contributed by atoms with E-state index in [9.17, 15) is 14.9 Å². The van der Waals surface area contributed by atoms with Gasteiger partial charge in [0.2, 0.25) is 5.91 Å². The molecule has 21 heavy (non-hydrogen) atoms. The van der Waals surface area contributed by atoms with Crippen LogP contribution >= 0.6 is 0 Å². The molecular formula is C14H16N4O3. The highest BCUT2D eigenvalue weighted by molar-refractivity contribution is 5.94. The van der Waals surface area contributed by atoms with Gasteiger partial charge >= 0.3 is 0 Å². The SMILES string of the molecule is CC(C)(C)C(=O)Nc1cc(-c2cccc([N+](=O)[O-])c2)[nH]n1. The molecule has 2 aromatic rings. The third-order valence-electron chi connectivity index (χ3n) is 2.87. The lowest BCUT2D eigenvalue weighted by atomic mass is 9.96. The molecule has 0 saturated heterocycles. The van der Waals surface area contributed by atoms with E-state index in [1.165, 1.54) is 12.1 Å². The Hall–Kier alpha value is -2.70. The van der Waals surface area contributed by atoms with E-state index in [2.05, 4.69) is 15.5 Å². The first kappa shape index (κ1) is 14.7. The zero-order chi connectivity index (χ0) is 15.6. The summed E-state index contributed by atoms with van der Waals surface area (Å²) >= 11 is 0. The van der Waals surface area contributed by atoms with E-state index in [0.717, 1.165) is 0 Å². The molecule has 0 aliphatic heterocycles. The van der Waals surface area contributed by atoms with Gasteiger partial charge < -0.3 is 5.32 Å². The summed E-state index contributed by atoms with van der Waals surface area (Å²) in [6.07, 6.45) is 0. The van der Waals surface area contributed by atoms with Crippen LogP contribution in [0.3, 0.4) is 0 Å². The fourth-order valence-electron chi connectivity index (χ4n) is 1.62. The molecule has 110 valence electrons. The van der Waals surface area contributed by atoms with Crippen LogP contribution in [0.2, 0.25) is 0 Å². The topological polar surface area (TPSA) is 101 Å². The van der Waals surface area contributed by atoms with Crippen LogP contribution in [0.4, 0.5) is 11.5 Å². The minimum Gasteiger partial charge on any atom is -0.309 e. The zero-order valence-corrected chi connectivity index (χ0v) is 12.0. The molecule has 1 heterocycles. The lowest BCUT2D eigenvalue weighted by molar-refractivity contribution is -0.384. The molecule has 0 unspecified atom stereocenters. The first-order valence-electron chi connectivity index (χ1n) is 6.39. The summed E-state index contributed by atoms with van der Waals surface area (Å²) in [4.78, 5) is 22.2. The fraction of sp³-hybridized carbons (Fsp3) is 0.286. The maximum Gasteiger partial charge on any atom is 0.270 e. The standard InChI is InChI=1S/C14H16N4O3/c1-14(2,3)13(19)15-12-8-11(16-17-12)9-5-4-6-10(7-9)18(20)21/h4-8H,1-3H3,(H2,15,16,17,19). The van der Waals surface area contributed by atoms with Gasteiger partial charge in [-0.2, -0.15) is 5.10 Å². The van der Waals surface area contributed by atoms with Crippen LogP contribution < -0.4 is 5.32 Å². The first-order chi connectivity index (χ1) is 9.77. The van der Waals surface area contributed by atoms with Crippen molar-refractivity contribution >= 4 is 17.4 Å². The number of aromatic amines is 1. The summed E-state index contributed by atoms with van der Waals surface area (Å²) in [5, 5.41) is 20.2. The van der Waals surface area contributed by atoms with Crippen molar-refractivity contribution in [2.45, 2.75) is 20.8 Å². The van der Waals surface area contributed by atoms with Crippen LogP contribution in [-0.4, -0.2) is 21.0 Å². The van der Waals surface area contributed by atoms with Crippen molar-refractivity contribution in [1.82, 2.24) is 10.2 Å². The maximum absolute atomic E-state index is 11.9. The minimum atomic E-state index is -0.523. The summed E-state index contributed by atoms with van der Waals surface area (Å²) in [5.41, 5.74) is 0.711. The lowest BCUT2D eigenvalue weighted by Crippen LogP contribution is -2.27. The molecule has 1 amide bonds. The normalized spacial score (nSPS) is 11.2. The van der Waals surface area contributed by atoms with Crippen LogP contribution in [-0.2, 0) is 4.79 Å². The van der Waals surface area contributed by atoms with Gasteiger partial charge in [-0.25, -0.2) is 0 Å².